The number of rotatable bonds is 5. The average Bonchev–Trinajstić information content (AvgIpc) is 2.62. The summed E-state index contributed by atoms with van der Waals surface area (Å²) in [6.45, 7) is 1.86. The summed E-state index contributed by atoms with van der Waals surface area (Å²) in [5.41, 5.74) is 1.65. The van der Waals surface area contributed by atoms with Crippen molar-refractivity contribution in [3.05, 3.63) is 52.5 Å². The Morgan fingerprint density at radius 2 is 1.88 bits per heavy atom. The number of ether oxygens (including phenoxy) is 1. The number of carbonyl (C=O) groups excluding carboxylic acids is 1. The third-order valence-corrected chi connectivity index (χ3v) is 5.34. The summed E-state index contributed by atoms with van der Waals surface area (Å²) < 4.78 is 5.43. The van der Waals surface area contributed by atoms with E-state index in [2.05, 4.69) is 10.2 Å². The molecule has 25 heavy (non-hydrogen) atoms. The van der Waals surface area contributed by atoms with E-state index in [1.54, 1.807) is 30.3 Å². The molecule has 1 heterocycles. The van der Waals surface area contributed by atoms with Crippen molar-refractivity contribution in [3.63, 3.8) is 0 Å². The second kappa shape index (κ2) is 8.70. The first-order chi connectivity index (χ1) is 12.1. The first-order valence-electron chi connectivity index (χ1n) is 7.93. The lowest BCUT2D eigenvalue weighted by Gasteiger charge is -2.29. The summed E-state index contributed by atoms with van der Waals surface area (Å²) in [5, 5.41) is 3.90. The van der Waals surface area contributed by atoms with Crippen LogP contribution in [0.15, 0.2) is 42.5 Å². The van der Waals surface area contributed by atoms with Crippen LogP contribution in [0.1, 0.15) is 0 Å². The Bertz CT molecular complexity index is 752. The van der Waals surface area contributed by atoms with Crippen molar-refractivity contribution >= 4 is 52.2 Å². The minimum atomic E-state index is -0.266. The number of nitrogens with zero attached hydrogens (tertiary/aromatic N) is 1. The van der Waals surface area contributed by atoms with Crippen molar-refractivity contribution in [1.82, 2.24) is 0 Å². The predicted octanol–water partition coefficient (Wildman–Crippen LogP) is 4.56. The molecule has 1 aliphatic rings. The first-order valence-corrected chi connectivity index (χ1v) is 9.84. The fourth-order valence-corrected chi connectivity index (χ4v) is 3.94. The number of anilines is 2. The minimum absolute atomic E-state index is 0.119. The molecule has 0 atom stereocenters. The smallest absolute Gasteiger partial charge is 0.262 e. The van der Waals surface area contributed by atoms with Gasteiger partial charge in [0.2, 0.25) is 0 Å². The van der Waals surface area contributed by atoms with Gasteiger partial charge in [-0.15, -0.1) is 0 Å². The predicted molar refractivity (Wildman–Crippen MR) is 107 cm³/mol. The molecule has 0 unspecified atom stereocenters. The van der Waals surface area contributed by atoms with Crippen molar-refractivity contribution in [3.8, 4) is 5.75 Å². The maximum absolute atomic E-state index is 12.1. The standard InChI is InChI=1S/C18H18Cl2N2O2S/c19-14-3-1-2-4-17(14)24-12-18(23)21-13-5-6-16(15(20)11-13)22-7-9-25-10-8-22/h1-6,11H,7-10,12H2,(H,21,23). The van der Waals surface area contributed by atoms with Crippen LogP contribution in [-0.4, -0.2) is 37.1 Å². The van der Waals surface area contributed by atoms with Gasteiger partial charge in [-0.2, -0.15) is 11.8 Å². The maximum atomic E-state index is 12.1. The summed E-state index contributed by atoms with van der Waals surface area (Å²) in [7, 11) is 0. The van der Waals surface area contributed by atoms with Gasteiger partial charge in [-0.1, -0.05) is 35.3 Å². The molecule has 0 radical (unpaired) electrons. The molecule has 2 aromatic carbocycles. The van der Waals surface area contributed by atoms with Gasteiger partial charge < -0.3 is 15.0 Å². The van der Waals surface area contributed by atoms with Crippen LogP contribution in [0.4, 0.5) is 11.4 Å². The normalized spacial score (nSPS) is 14.2. The number of para-hydroxylation sites is 1. The Hall–Kier alpha value is -1.56. The Morgan fingerprint density at radius 1 is 1.12 bits per heavy atom. The second-order valence-corrected chi connectivity index (χ2v) is 7.57. The van der Waals surface area contributed by atoms with E-state index in [4.69, 9.17) is 27.9 Å². The molecule has 0 aliphatic carbocycles. The molecule has 1 fully saturated rings. The maximum Gasteiger partial charge on any atom is 0.262 e. The molecule has 0 spiro atoms. The Balaban J connectivity index is 1.58. The third-order valence-electron chi connectivity index (χ3n) is 3.78. The number of benzene rings is 2. The van der Waals surface area contributed by atoms with Crippen LogP contribution in [0.3, 0.4) is 0 Å². The highest BCUT2D eigenvalue weighted by Gasteiger charge is 2.15. The minimum Gasteiger partial charge on any atom is -0.482 e. The highest BCUT2D eigenvalue weighted by Crippen LogP contribution is 2.30. The van der Waals surface area contributed by atoms with Crippen molar-refractivity contribution in [1.29, 1.82) is 0 Å². The molecule has 4 nitrogen and oxygen atoms in total. The summed E-state index contributed by atoms with van der Waals surface area (Å²) in [6.07, 6.45) is 0. The van der Waals surface area contributed by atoms with E-state index in [9.17, 15) is 4.79 Å². The van der Waals surface area contributed by atoms with Gasteiger partial charge in [-0.05, 0) is 30.3 Å². The molecule has 0 bridgehead atoms. The third kappa shape index (κ3) is 4.97. The van der Waals surface area contributed by atoms with Crippen LogP contribution in [-0.2, 0) is 4.79 Å². The number of thioether (sulfide) groups is 1. The summed E-state index contributed by atoms with van der Waals surface area (Å²) >= 11 is 14.3. The molecule has 132 valence electrons. The zero-order valence-corrected chi connectivity index (χ0v) is 15.8. The molecular weight excluding hydrogens is 379 g/mol. The van der Waals surface area contributed by atoms with Crippen molar-refractivity contribution in [2.24, 2.45) is 0 Å². The van der Waals surface area contributed by atoms with E-state index in [1.807, 2.05) is 23.9 Å². The van der Waals surface area contributed by atoms with E-state index >= 15 is 0 Å². The van der Waals surface area contributed by atoms with Crippen LogP contribution >= 0.6 is 35.0 Å². The first kappa shape index (κ1) is 18.2. The van der Waals surface area contributed by atoms with E-state index in [0.717, 1.165) is 30.3 Å². The number of hydrogen-bond acceptors (Lipinski definition) is 4. The molecular formula is C18H18Cl2N2O2S. The van der Waals surface area contributed by atoms with Gasteiger partial charge in [0.25, 0.3) is 5.91 Å². The van der Waals surface area contributed by atoms with E-state index < -0.39 is 0 Å². The topological polar surface area (TPSA) is 41.6 Å². The summed E-state index contributed by atoms with van der Waals surface area (Å²) in [5.74, 6) is 2.43. The SMILES string of the molecule is O=C(COc1ccccc1Cl)Nc1ccc(N2CCSCC2)c(Cl)c1. The fourth-order valence-electron chi connectivity index (χ4n) is 2.55. The summed E-state index contributed by atoms with van der Waals surface area (Å²) in [4.78, 5) is 14.3. The van der Waals surface area contributed by atoms with Crippen LogP contribution in [0, 0.1) is 0 Å². The molecule has 0 saturated carbocycles. The van der Waals surface area contributed by atoms with Gasteiger partial charge >= 0.3 is 0 Å². The Kier molecular flexibility index (Phi) is 6.34. The molecule has 1 saturated heterocycles. The highest BCUT2D eigenvalue weighted by molar-refractivity contribution is 7.99. The fraction of sp³-hybridized carbons (Fsp3) is 0.278. The van der Waals surface area contributed by atoms with Gasteiger partial charge in [-0.25, -0.2) is 0 Å². The van der Waals surface area contributed by atoms with Gasteiger partial charge in [0.1, 0.15) is 5.75 Å². The van der Waals surface area contributed by atoms with Crippen LogP contribution in [0.2, 0.25) is 10.0 Å². The van der Waals surface area contributed by atoms with Gasteiger partial charge in [-0.3, -0.25) is 4.79 Å². The molecule has 0 aromatic heterocycles. The van der Waals surface area contributed by atoms with E-state index in [1.165, 1.54) is 0 Å². The lowest BCUT2D eigenvalue weighted by molar-refractivity contribution is -0.118. The Labute approximate surface area is 161 Å². The zero-order valence-electron chi connectivity index (χ0n) is 13.5. The monoisotopic (exact) mass is 396 g/mol. The second-order valence-electron chi connectivity index (χ2n) is 5.53. The molecule has 1 amide bonds. The van der Waals surface area contributed by atoms with Crippen molar-refractivity contribution < 1.29 is 9.53 Å². The largest absolute Gasteiger partial charge is 0.482 e. The zero-order chi connectivity index (χ0) is 17.6. The molecule has 2 aromatic rings. The van der Waals surface area contributed by atoms with E-state index in [-0.39, 0.29) is 12.5 Å². The number of hydrogen-bond donors (Lipinski definition) is 1. The number of amides is 1. The lowest BCUT2D eigenvalue weighted by Crippen LogP contribution is -2.32. The number of carbonyl (C=O) groups is 1. The molecule has 3 rings (SSSR count). The van der Waals surface area contributed by atoms with Crippen molar-refractivity contribution in [2.45, 2.75) is 0 Å². The highest BCUT2D eigenvalue weighted by atomic mass is 35.5. The van der Waals surface area contributed by atoms with Crippen LogP contribution in [0.5, 0.6) is 5.75 Å². The van der Waals surface area contributed by atoms with Crippen molar-refractivity contribution in [2.75, 3.05) is 41.4 Å². The van der Waals surface area contributed by atoms with Crippen LogP contribution in [0.25, 0.3) is 0 Å². The lowest BCUT2D eigenvalue weighted by atomic mass is 10.2. The average molecular weight is 397 g/mol. The van der Waals surface area contributed by atoms with E-state index in [0.29, 0.717) is 21.5 Å². The quantitative estimate of drug-likeness (QED) is 0.803. The molecule has 7 heteroatoms. The molecule has 1 N–H and O–H groups in total. The Morgan fingerprint density at radius 3 is 2.60 bits per heavy atom. The number of nitrogens with one attached hydrogen (secondary N) is 1. The number of halogens is 2. The van der Waals surface area contributed by atoms with Gasteiger partial charge in [0.15, 0.2) is 6.61 Å². The van der Waals surface area contributed by atoms with Crippen LogP contribution < -0.4 is 15.0 Å². The summed E-state index contributed by atoms with van der Waals surface area (Å²) in [6, 6.07) is 12.6. The van der Waals surface area contributed by atoms with Gasteiger partial charge in [0, 0.05) is 30.3 Å². The molecule has 1 aliphatic heterocycles. The van der Waals surface area contributed by atoms with Gasteiger partial charge in [0.05, 0.1) is 15.7 Å².